The Labute approximate surface area is 135 Å². The molecule has 1 aromatic rings. The Hall–Kier alpha value is -0.430. The quantitative estimate of drug-likeness (QED) is 0.879. The van der Waals surface area contributed by atoms with E-state index in [2.05, 4.69) is 22.9 Å². The Morgan fingerprint density at radius 1 is 1.33 bits per heavy atom. The first-order valence-electron chi connectivity index (χ1n) is 7.25. The molecule has 2 rings (SSSR count). The van der Waals surface area contributed by atoms with Crippen molar-refractivity contribution < 1.29 is 13.5 Å². The van der Waals surface area contributed by atoms with Crippen LogP contribution in [0.4, 0.5) is 0 Å². The maximum Gasteiger partial charge on any atom is 0.244 e. The van der Waals surface area contributed by atoms with Gasteiger partial charge in [-0.3, -0.25) is 0 Å². The summed E-state index contributed by atoms with van der Waals surface area (Å²) in [4.78, 5) is 0.264. The molecule has 0 heterocycles. The first kappa shape index (κ1) is 16.9. The average molecular weight is 376 g/mol. The van der Waals surface area contributed by atoms with Crippen LogP contribution in [0, 0.1) is 5.92 Å². The lowest BCUT2D eigenvalue weighted by Gasteiger charge is -2.35. The second-order valence-corrected chi connectivity index (χ2v) is 8.59. The van der Waals surface area contributed by atoms with Crippen molar-refractivity contribution in [2.45, 2.75) is 50.2 Å². The van der Waals surface area contributed by atoms with Crippen LogP contribution in [0.2, 0.25) is 0 Å². The van der Waals surface area contributed by atoms with Crippen molar-refractivity contribution in [3.05, 3.63) is 28.2 Å². The summed E-state index contributed by atoms with van der Waals surface area (Å²) < 4.78 is 27.7. The SMILES string of the molecule is CC1CCCCC1N(C)S(=O)(=O)c1ccc(CO)cc1Br. The van der Waals surface area contributed by atoms with E-state index in [9.17, 15) is 8.42 Å². The lowest BCUT2D eigenvalue weighted by Crippen LogP contribution is -2.42. The van der Waals surface area contributed by atoms with Crippen molar-refractivity contribution in [2.75, 3.05) is 7.05 Å². The largest absolute Gasteiger partial charge is 0.392 e. The first-order chi connectivity index (χ1) is 9.87. The van der Waals surface area contributed by atoms with Gasteiger partial charge in [0, 0.05) is 17.6 Å². The topological polar surface area (TPSA) is 57.6 Å². The van der Waals surface area contributed by atoms with Gasteiger partial charge in [0.25, 0.3) is 0 Å². The van der Waals surface area contributed by atoms with Crippen molar-refractivity contribution in [3.8, 4) is 0 Å². The van der Waals surface area contributed by atoms with Crippen LogP contribution in [0.5, 0.6) is 0 Å². The molecule has 1 aliphatic rings. The molecular formula is C15H22BrNO3S. The molecule has 1 aromatic carbocycles. The van der Waals surface area contributed by atoms with Gasteiger partial charge >= 0.3 is 0 Å². The smallest absolute Gasteiger partial charge is 0.244 e. The normalized spacial score (nSPS) is 23.5. The second-order valence-electron chi connectivity index (χ2n) is 5.77. The molecule has 1 fully saturated rings. The molecule has 0 spiro atoms. The number of hydrogen-bond donors (Lipinski definition) is 1. The minimum atomic E-state index is -3.52. The van der Waals surface area contributed by atoms with Crippen LogP contribution < -0.4 is 0 Å². The van der Waals surface area contributed by atoms with Gasteiger partial charge in [-0.25, -0.2) is 8.42 Å². The zero-order valence-corrected chi connectivity index (χ0v) is 14.8. The molecule has 0 aliphatic heterocycles. The van der Waals surface area contributed by atoms with E-state index in [-0.39, 0.29) is 17.5 Å². The molecular weight excluding hydrogens is 354 g/mol. The van der Waals surface area contributed by atoms with Gasteiger partial charge < -0.3 is 5.11 Å². The van der Waals surface area contributed by atoms with Crippen LogP contribution in [0.1, 0.15) is 38.2 Å². The highest BCUT2D eigenvalue weighted by atomic mass is 79.9. The summed E-state index contributed by atoms with van der Waals surface area (Å²) in [6.45, 7) is 2.02. The summed E-state index contributed by atoms with van der Waals surface area (Å²) >= 11 is 3.31. The third kappa shape index (κ3) is 3.50. The molecule has 4 nitrogen and oxygen atoms in total. The Kier molecular flexibility index (Phi) is 5.46. The molecule has 0 saturated heterocycles. The molecule has 21 heavy (non-hydrogen) atoms. The maximum atomic E-state index is 12.8. The third-order valence-electron chi connectivity index (χ3n) is 4.37. The molecule has 0 aromatic heterocycles. The average Bonchev–Trinajstić information content (AvgIpc) is 2.46. The Balaban J connectivity index is 2.32. The lowest BCUT2D eigenvalue weighted by atomic mass is 9.86. The number of aliphatic hydroxyl groups excluding tert-OH is 1. The molecule has 1 saturated carbocycles. The number of halogens is 1. The number of nitrogens with zero attached hydrogens (tertiary/aromatic N) is 1. The highest BCUT2D eigenvalue weighted by molar-refractivity contribution is 9.10. The summed E-state index contributed by atoms with van der Waals surface area (Å²) in [5, 5.41) is 9.12. The fourth-order valence-electron chi connectivity index (χ4n) is 3.02. The standard InChI is InChI=1S/C15H22BrNO3S/c1-11-5-3-4-6-14(11)17(2)21(19,20)15-8-7-12(10-18)9-13(15)16/h7-9,11,14,18H,3-6,10H2,1-2H3. The van der Waals surface area contributed by atoms with Gasteiger partial charge in [0.15, 0.2) is 0 Å². The number of hydrogen-bond acceptors (Lipinski definition) is 3. The van der Waals surface area contributed by atoms with E-state index < -0.39 is 10.0 Å². The van der Waals surface area contributed by atoms with E-state index in [0.717, 1.165) is 19.3 Å². The molecule has 2 unspecified atom stereocenters. The minimum Gasteiger partial charge on any atom is -0.392 e. The number of aliphatic hydroxyl groups is 1. The van der Waals surface area contributed by atoms with Crippen LogP contribution in [-0.2, 0) is 16.6 Å². The van der Waals surface area contributed by atoms with Crippen molar-refractivity contribution in [1.82, 2.24) is 4.31 Å². The summed E-state index contributed by atoms with van der Waals surface area (Å²) in [5.74, 6) is 0.383. The molecule has 118 valence electrons. The van der Waals surface area contributed by atoms with Crippen LogP contribution in [0.3, 0.4) is 0 Å². The zero-order chi connectivity index (χ0) is 15.6. The number of rotatable bonds is 4. The van der Waals surface area contributed by atoms with Gasteiger partial charge in [0.1, 0.15) is 0 Å². The number of sulfonamides is 1. The summed E-state index contributed by atoms with van der Waals surface area (Å²) in [7, 11) is -1.85. The van der Waals surface area contributed by atoms with E-state index in [1.165, 1.54) is 10.7 Å². The Bertz CT molecular complexity index is 603. The molecule has 0 amide bonds. The number of benzene rings is 1. The highest BCUT2D eigenvalue weighted by Gasteiger charge is 2.33. The molecule has 0 radical (unpaired) electrons. The predicted octanol–water partition coefficient (Wildman–Crippen LogP) is 3.14. The monoisotopic (exact) mass is 375 g/mol. The minimum absolute atomic E-state index is 0.0631. The molecule has 1 aliphatic carbocycles. The van der Waals surface area contributed by atoms with E-state index >= 15 is 0 Å². The van der Waals surface area contributed by atoms with Crippen molar-refractivity contribution >= 4 is 26.0 Å². The van der Waals surface area contributed by atoms with Gasteiger partial charge in [0.05, 0.1) is 11.5 Å². The van der Waals surface area contributed by atoms with Crippen molar-refractivity contribution in [3.63, 3.8) is 0 Å². The lowest BCUT2D eigenvalue weighted by molar-refractivity contribution is 0.213. The van der Waals surface area contributed by atoms with E-state index in [0.29, 0.717) is 16.0 Å². The fourth-order valence-corrected chi connectivity index (χ4v) is 5.59. The molecule has 1 N–H and O–H groups in total. The van der Waals surface area contributed by atoms with Gasteiger partial charge in [-0.15, -0.1) is 0 Å². The highest BCUT2D eigenvalue weighted by Crippen LogP contribution is 2.33. The summed E-state index contributed by atoms with van der Waals surface area (Å²) in [6.07, 6.45) is 4.26. The fraction of sp³-hybridized carbons (Fsp3) is 0.600. The van der Waals surface area contributed by atoms with E-state index in [1.807, 2.05) is 0 Å². The van der Waals surface area contributed by atoms with Gasteiger partial charge in [-0.2, -0.15) is 4.31 Å². The van der Waals surface area contributed by atoms with Gasteiger partial charge in [-0.05, 0) is 52.4 Å². The van der Waals surface area contributed by atoms with E-state index in [4.69, 9.17) is 5.11 Å². The summed E-state index contributed by atoms with van der Waals surface area (Å²) in [6, 6.07) is 4.93. The Morgan fingerprint density at radius 2 is 2.00 bits per heavy atom. The van der Waals surface area contributed by atoms with Crippen LogP contribution in [0.25, 0.3) is 0 Å². The van der Waals surface area contributed by atoms with Crippen LogP contribution in [-0.4, -0.2) is 30.9 Å². The molecule has 0 bridgehead atoms. The maximum absolute atomic E-state index is 12.8. The second kappa shape index (κ2) is 6.77. The van der Waals surface area contributed by atoms with Gasteiger partial charge in [0.2, 0.25) is 10.0 Å². The Morgan fingerprint density at radius 3 is 2.57 bits per heavy atom. The van der Waals surface area contributed by atoms with Crippen LogP contribution >= 0.6 is 15.9 Å². The predicted molar refractivity (Wildman–Crippen MR) is 86.4 cm³/mol. The van der Waals surface area contributed by atoms with E-state index in [1.54, 1.807) is 25.2 Å². The first-order valence-corrected chi connectivity index (χ1v) is 9.48. The third-order valence-corrected chi connectivity index (χ3v) is 7.23. The van der Waals surface area contributed by atoms with Crippen LogP contribution in [0.15, 0.2) is 27.6 Å². The van der Waals surface area contributed by atoms with Crippen molar-refractivity contribution in [2.24, 2.45) is 5.92 Å². The molecule has 6 heteroatoms. The van der Waals surface area contributed by atoms with Gasteiger partial charge in [-0.1, -0.05) is 25.8 Å². The molecule has 2 atom stereocenters. The summed E-state index contributed by atoms with van der Waals surface area (Å²) in [5.41, 5.74) is 0.689. The zero-order valence-electron chi connectivity index (χ0n) is 12.4. The van der Waals surface area contributed by atoms with Crippen molar-refractivity contribution in [1.29, 1.82) is 0 Å².